The standard InChI is InChI=1S/C29H29F3N8O.ClH/c1-18-3-6-23(12-26(18)39-28-36-8-7-25(38-28)22-13-33-17-34-14-22)37-27(41)20-4-5-21(24(11-20)29(30,31)32)16-40-10-9-35-19(2)15-40;/h3-8,11-14,17,19,35H,9-10,15-16H2,1-2H3,(H,37,41)(H,36,38,39);1H/t19-;/m1./s1. The fourth-order valence-corrected chi connectivity index (χ4v) is 4.69. The van der Waals surface area contributed by atoms with Crippen LogP contribution in [0.5, 0.6) is 0 Å². The molecule has 3 N–H and O–H groups in total. The Morgan fingerprint density at radius 2 is 1.90 bits per heavy atom. The summed E-state index contributed by atoms with van der Waals surface area (Å²) < 4.78 is 42.0. The molecule has 3 heterocycles. The Labute approximate surface area is 247 Å². The Balaban J connectivity index is 0.00000405. The molecule has 5 rings (SSSR count). The summed E-state index contributed by atoms with van der Waals surface area (Å²) in [4.78, 5) is 31.8. The Kier molecular flexibility index (Phi) is 9.71. The number of hydrogen-bond acceptors (Lipinski definition) is 8. The molecule has 0 spiro atoms. The molecule has 0 unspecified atom stereocenters. The highest BCUT2D eigenvalue weighted by molar-refractivity contribution is 6.04. The maximum Gasteiger partial charge on any atom is 0.416 e. The van der Waals surface area contributed by atoms with Gasteiger partial charge in [-0.3, -0.25) is 9.69 Å². The third-order valence-corrected chi connectivity index (χ3v) is 6.78. The lowest BCUT2D eigenvalue weighted by Gasteiger charge is -2.32. The van der Waals surface area contributed by atoms with Crippen LogP contribution in [0.2, 0.25) is 0 Å². The first-order valence-electron chi connectivity index (χ1n) is 13.1. The number of hydrogen-bond donors (Lipinski definition) is 3. The van der Waals surface area contributed by atoms with Crippen LogP contribution in [-0.4, -0.2) is 56.4 Å². The lowest BCUT2D eigenvalue weighted by Crippen LogP contribution is -2.48. The molecule has 2 aromatic carbocycles. The second-order valence-electron chi connectivity index (χ2n) is 9.96. The third kappa shape index (κ3) is 7.58. The van der Waals surface area contributed by atoms with Gasteiger partial charge in [-0.15, -0.1) is 12.4 Å². The van der Waals surface area contributed by atoms with Crippen molar-refractivity contribution in [3.63, 3.8) is 0 Å². The first-order valence-corrected chi connectivity index (χ1v) is 13.1. The number of benzene rings is 2. The third-order valence-electron chi connectivity index (χ3n) is 6.78. The van der Waals surface area contributed by atoms with Gasteiger partial charge in [-0.05, 0) is 55.3 Å². The number of carbonyl (C=O) groups is 1. The van der Waals surface area contributed by atoms with Crippen molar-refractivity contribution in [2.24, 2.45) is 0 Å². The van der Waals surface area contributed by atoms with E-state index in [1.165, 1.54) is 18.5 Å². The average molecular weight is 599 g/mol. The molecule has 2 aromatic heterocycles. The van der Waals surface area contributed by atoms with Gasteiger partial charge >= 0.3 is 6.18 Å². The van der Waals surface area contributed by atoms with Gasteiger partial charge in [-0.2, -0.15) is 13.2 Å². The molecule has 1 aliphatic heterocycles. The second-order valence-corrected chi connectivity index (χ2v) is 9.96. The zero-order chi connectivity index (χ0) is 29.0. The number of alkyl halides is 3. The van der Waals surface area contributed by atoms with Crippen LogP contribution >= 0.6 is 12.4 Å². The van der Waals surface area contributed by atoms with Crippen molar-refractivity contribution in [1.82, 2.24) is 30.2 Å². The first-order chi connectivity index (χ1) is 19.7. The Morgan fingerprint density at radius 1 is 1.12 bits per heavy atom. The van der Waals surface area contributed by atoms with Crippen molar-refractivity contribution in [2.45, 2.75) is 32.6 Å². The number of amides is 1. The fraction of sp³-hybridized carbons (Fsp3) is 0.276. The predicted octanol–water partition coefficient (Wildman–Crippen LogP) is 5.47. The van der Waals surface area contributed by atoms with Gasteiger partial charge in [0.15, 0.2) is 0 Å². The Morgan fingerprint density at radius 3 is 2.64 bits per heavy atom. The van der Waals surface area contributed by atoms with Crippen LogP contribution in [0, 0.1) is 6.92 Å². The fourth-order valence-electron chi connectivity index (χ4n) is 4.69. The van der Waals surface area contributed by atoms with Crippen molar-refractivity contribution in [2.75, 3.05) is 30.3 Å². The van der Waals surface area contributed by atoms with Gasteiger partial charge in [0.05, 0.1) is 11.3 Å². The second kappa shape index (κ2) is 13.2. The minimum Gasteiger partial charge on any atom is -0.324 e. The van der Waals surface area contributed by atoms with Crippen molar-refractivity contribution in [3.05, 3.63) is 89.6 Å². The lowest BCUT2D eigenvalue weighted by molar-refractivity contribution is -0.138. The van der Waals surface area contributed by atoms with Crippen LogP contribution in [0.25, 0.3) is 11.3 Å². The highest BCUT2D eigenvalue weighted by Crippen LogP contribution is 2.34. The molecule has 1 amide bonds. The molecule has 1 saturated heterocycles. The molecule has 0 radical (unpaired) electrons. The molecular formula is C29H30ClF3N8O. The summed E-state index contributed by atoms with van der Waals surface area (Å²) in [6.07, 6.45) is 1.72. The van der Waals surface area contributed by atoms with Gasteiger partial charge in [0.25, 0.3) is 5.91 Å². The van der Waals surface area contributed by atoms with Crippen LogP contribution in [0.4, 0.5) is 30.5 Å². The van der Waals surface area contributed by atoms with Crippen molar-refractivity contribution in [1.29, 1.82) is 0 Å². The highest BCUT2D eigenvalue weighted by Gasteiger charge is 2.34. The van der Waals surface area contributed by atoms with Crippen LogP contribution in [-0.2, 0) is 12.7 Å². The van der Waals surface area contributed by atoms with E-state index in [-0.39, 0.29) is 36.1 Å². The van der Waals surface area contributed by atoms with Gasteiger partial charge in [-0.25, -0.2) is 19.9 Å². The highest BCUT2D eigenvalue weighted by atomic mass is 35.5. The largest absolute Gasteiger partial charge is 0.416 e. The predicted molar refractivity (Wildman–Crippen MR) is 157 cm³/mol. The van der Waals surface area contributed by atoms with E-state index in [2.05, 4.69) is 35.9 Å². The molecule has 9 nitrogen and oxygen atoms in total. The smallest absolute Gasteiger partial charge is 0.324 e. The molecule has 4 aromatic rings. The van der Waals surface area contributed by atoms with E-state index in [1.807, 2.05) is 18.7 Å². The van der Waals surface area contributed by atoms with Gasteiger partial charge in [0.2, 0.25) is 5.95 Å². The summed E-state index contributed by atoms with van der Waals surface area (Å²) in [5, 5.41) is 9.14. The topological polar surface area (TPSA) is 108 Å². The number of nitrogens with zero attached hydrogens (tertiary/aromatic N) is 5. The number of aryl methyl sites for hydroxylation is 1. The van der Waals surface area contributed by atoms with Gasteiger partial charge in [0.1, 0.15) is 6.33 Å². The molecule has 0 bridgehead atoms. The molecule has 220 valence electrons. The monoisotopic (exact) mass is 598 g/mol. The van der Waals surface area contributed by atoms with E-state index in [4.69, 9.17) is 0 Å². The Bertz CT molecular complexity index is 1540. The summed E-state index contributed by atoms with van der Waals surface area (Å²) in [5.74, 6) is -0.322. The van der Waals surface area contributed by atoms with Crippen molar-refractivity contribution in [3.8, 4) is 11.3 Å². The maximum atomic E-state index is 14.0. The van der Waals surface area contributed by atoms with E-state index in [9.17, 15) is 18.0 Å². The van der Waals surface area contributed by atoms with Crippen molar-refractivity contribution >= 4 is 35.6 Å². The minimum atomic E-state index is -4.59. The van der Waals surface area contributed by atoms with Gasteiger partial charge in [-0.1, -0.05) is 12.1 Å². The summed E-state index contributed by atoms with van der Waals surface area (Å²) in [7, 11) is 0. The normalized spacial score (nSPS) is 15.5. The minimum absolute atomic E-state index is 0. The summed E-state index contributed by atoms with van der Waals surface area (Å²) >= 11 is 0. The van der Waals surface area contributed by atoms with E-state index in [1.54, 1.807) is 42.9 Å². The zero-order valence-electron chi connectivity index (χ0n) is 22.9. The SMILES string of the molecule is Cc1ccc(NC(=O)c2ccc(CN3CCN[C@H](C)C3)c(C(F)(F)F)c2)cc1Nc1nccc(-c2cncnc2)n1.Cl. The number of halogens is 4. The Hall–Kier alpha value is -4.13. The first kappa shape index (κ1) is 30.8. The van der Waals surface area contributed by atoms with E-state index in [0.29, 0.717) is 36.1 Å². The molecule has 0 saturated carbocycles. The van der Waals surface area contributed by atoms with Crippen LogP contribution in [0.15, 0.2) is 67.4 Å². The van der Waals surface area contributed by atoms with E-state index >= 15 is 0 Å². The molecule has 1 atom stereocenters. The number of anilines is 3. The number of rotatable bonds is 7. The van der Waals surface area contributed by atoms with E-state index < -0.39 is 17.6 Å². The number of piperazine rings is 1. The number of aromatic nitrogens is 4. The van der Waals surface area contributed by atoms with Crippen LogP contribution < -0.4 is 16.0 Å². The van der Waals surface area contributed by atoms with E-state index in [0.717, 1.165) is 23.7 Å². The molecule has 13 heteroatoms. The number of nitrogens with one attached hydrogen (secondary N) is 3. The van der Waals surface area contributed by atoms with Crippen LogP contribution in [0.1, 0.15) is 34.0 Å². The summed E-state index contributed by atoms with van der Waals surface area (Å²) in [6.45, 7) is 6.06. The van der Waals surface area contributed by atoms with Gasteiger partial charge in [0, 0.05) is 73.3 Å². The summed E-state index contributed by atoms with van der Waals surface area (Å²) in [5.41, 5.74) is 2.50. The van der Waals surface area contributed by atoms with Crippen LogP contribution in [0.3, 0.4) is 0 Å². The molecule has 0 aliphatic carbocycles. The molecular weight excluding hydrogens is 569 g/mol. The maximum absolute atomic E-state index is 14.0. The lowest BCUT2D eigenvalue weighted by atomic mass is 10.0. The quantitative estimate of drug-likeness (QED) is 0.257. The average Bonchev–Trinajstić information content (AvgIpc) is 2.95. The zero-order valence-corrected chi connectivity index (χ0v) is 23.8. The van der Waals surface area contributed by atoms with Gasteiger partial charge < -0.3 is 16.0 Å². The molecule has 1 fully saturated rings. The number of carbonyl (C=O) groups excluding carboxylic acids is 1. The molecule has 1 aliphatic rings. The molecule has 42 heavy (non-hydrogen) atoms. The summed E-state index contributed by atoms with van der Waals surface area (Å²) in [6, 6.07) is 10.8. The van der Waals surface area contributed by atoms with Crippen molar-refractivity contribution < 1.29 is 18.0 Å².